The van der Waals surface area contributed by atoms with Crippen LogP contribution in [0.5, 0.6) is 5.88 Å². The number of anilines is 3. The van der Waals surface area contributed by atoms with Crippen LogP contribution in [0.1, 0.15) is 41.5 Å². The fourth-order valence-corrected chi connectivity index (χ4v) is 5.90. The smallest absolute Gasteiger partial charge is 0.271 e. The number of piperazine rings is 1. The number of rotatable bonds is 9. The van der Waals surface area contributed by atoms with Crippen molar-refractivity contribution in [3.8, 4) is 5.88 Å². The highest BCUT2D eigenvalue weighted by molar-refractivity contribution is 5.96. The molecule has 41 heavy (non-hydrogen) atoms. The van der Waals surface area contributed by atoms with E-state index < -0.39 is 5.91 Å². The Balaban J connectivity index is 1.26. The van der Waals surface area contributed by atoms with Gasteiger partial charge in [-0.2, -0.15) is 4.98 Å². The number of nitrogens with one attached hydrogen (secondary N) is 1. The number of hydrogen-bond donors (Lipinski definition) is 2. The fourth-order valence-electron chi connectivity index (χ4n) is 5.90. The molecule has 0 bridgehead atoms. The molecule has 0 saturated carbocycles. The van der Waals surface area contributed by atoms with E-state index in [1.54, 1.807) is 4.90 Å². The molecule has 3 fully saturated rings. The third kappa shape index (κ3) is 6.46. The number of likely N-dealkylation sites (tertiary alicyclic amines) is 1. The van der Waals surface area contributed by atoms with Gasteiger partial charge in [0.05, 0.1) is 13.1 Å². The van der Waals surface area contributed by atoms with Crippen molar-refractivity contribution in [1.82, 2.24) is 24.7 Å². The van der Waals surface area contributed by atoms with Crippen LogP contribution < -0.4 is 20.7 Å². The number of aryl methyl sites for hydroxylation is 2. The van der Waals surface area contributed by atoms with Crippen LogP contribution in [0, 0.1) is 6.92 Å². The monoisotopic (exact) mass is 562 g/mol. The van der Waals surface area contributed by atoms with Crippen molar-refractivity contribution in [2.75, 3.05) is 69.6 Å². The van der Waals surface area contributed by atoms with Crippen LogP contribution in [0.4, 0.5) is 17.2 Å². The van der Waals surface area contributed by atoms with Gasteiger partial charge in [0.2, 0.25) is 11.8 Å². The number of amides is 2. The molecule has 5 rings (SSSR count). The number of benzene rings is 1. The highest BCUT2D eigenvalue weighted by atomic mass is 16.5. The van der Waals surface area contributed by atoms with E-state index in [4.69, 9.17) is 10.5 Å². The lowest BCUT2D eigenvalue weighted by Crippen LogP contribution is -2.55. The number of likely N-dealkylation sites (N-methyl/N-ethyl adjacent to an activating group) is 1. The summed E-state index contributed by atoms with van der Waals surface area (Å²) in [7, 11) is 2.20. The average Bonchev–Trinajstić information content (AvgIpc) is 2.95. The second kappa shape index (κ2) is 12.4. The Labute approximate surface area is 242 Å². The summed E-state index contributed by atoms with van der Waals surface area (Å²) in [5.41, 5.74) is 9.45. The average molecular weight is 563 g/mol. The largest absolute Gasteiger partial charge is 0.469 e. The van der Waals surface area contributed by atoms with Gasteiger partial charge in [0.1, 0.15) is 11.8 Å². The van der Waals surface area contributed by atoms with Crippen molar-refractivity contribution < 1.29 is 14.3 Å². The zero-order valence-corrected chi connectivity index (χ0v) is 24.4. The minimum atomic E-state index is -0.663. The van der Waals surface area contributed by atoms with Gasteiger partial charge in [0.15, 0.2) is 11.5 Å². The molecule has 2 aromatic rings. The van der Waals surface area contributed by atoms with Gasteiger partial charge in [-0.15, -0.1) is 0 Å². The summed E-state index contributed by atoms with van der Waals surface area (Å²) >= 11 is 0. The van der Waals surface area contributed by atoms with Crippen LogP contribution >= 0.6 is 0 Å². The van der Waals surface area contributed by atoms with Gasteiger partial charge < -0.3 is 30.5 Å². The molecule has 11 nitrogen and oxygen atoms in total. The van der Waals surface area contributed by atoms with E-state index in [-0.39, 0.29) is 23.5 Å². The zero-order valence-electron chi connectivity index (χ0n) is 24.4. The number of nitrogens with zero attached hydrogens (tertiary/aromatic N) is 6. The molecule has 0 radical (unpaired) electrons. The lowest BCUT2D eigenvalue weighted by Gasteiger charge is -2.43. The van der Waals surface area contributed by atoms with Gasteiger partial charge >= 0.3 is 0 Å². The van der Waals surface area contributed by atoms with Crippen LogP contribution in [-0.2, 0) is 11.2 Å². The van der Waals surface area contributed by atoms with Crippen LogP contribution in [0.2, 0.25) is 0 Å². The number of ether oxygens (including phenoxy) is 1. The summed E-state index contributed by atoms with van der Waals surface area (Å²) in [6.07, 6.45) is 3.96. The van der Waals surface area contributed by atoms with E-state index in [1.807, 2.05) is 13.0 Å². The molecule has 4 heterocycles. The Morgan fingerprint density at radius 1 is 1.12 bits per heavy atom. The second-order valence-electron chi connectivity index (χ2n) is 11.3. The quantitative estimate of drug-likeness (QED) is 0.443. The Hall–Kier alpha value is -3.70. The van der Waals surface area contributed by atoms with Crippen LogP contribution in [0.3, 0.4) is 0 Å². The lowest BCUT2D eigenvalue weighted by atomic mass is 10.0. The number of hydrogen-bond acceptors (Lipinski definition) is 9. The Morgan fingerprint density at radius 2 is 1.83 bits per heavy atom. The summed E-state index contributed by atoms with van der Waals surface area (Å²) in [6, 6.07) is 6.86. The minimum Gasteiger partial charge on any atom is -0.469 e. The molecule has 0 spiro atoms. The Kier molecular flexibility index (Phi) is 8.74. The van der Waals surface area contributed by atoms with E-state index in [0.717, 1.165) is 50.5 Å². The molecule has 0 aliphatic carbocycles. The van der Waals surface area contributed by atoms with Crippen LogP contribution in [-0.4, -0.2) is 108 Å². The van der Waals surface area contributed by atoms with Gasteiger partial charge in [-0.1, -0.05) is 13.5 Å². The number of carbonyl (C=O) groups excluding carboxylic acids is 2. The van der Waals surface area contributed by atoms with Crippen molar-refractivity contribution >= 4 is 29.0 Å². The van der Waals surface area contributed by atoms with Gasteiger partial charge in [0.25, 0.3) is 5.91 Å². The van der Waals surface area contributed by atoms with Gasteiger partial charge in [-0.05, 0) is 63.1 Å². The van der Waals surface area contributed by atoms with E-state index in [9.17, 15) is 9.59 Å². The SMILES string of the molecule is C=CC(=O)N1CC(Oc2nc(Nc3ccc(N4CCC(N5CCN(C)CC5)CC4)c(C)c3)c(C(N)=O)nc2CC)C1. The van der Waals surface area contributed by atoms with Gasteiger partial charge in [-0.3, -0.25) is 14.5 Å². The summed E-state index contributed by atoms with van der Waals surface area (Å²) in [6.45, 7) is 15.2. The minimum absolute atomic E-state index is 0.0685. The van der Waals surface area contributed by atoms with Crippen molar-refractivity contribution in [3.05, 3.63) is 47.8 Å². The number of nitrogens with two attached hydrogens (primary N) is 1. The highest BCUT2D eigenvalue weighted by Crippen LogP contribution is 2.31. The van der Waals surface area contributed by atoms with E-state index in [1.165, 1.54) is 24.6 Å². The van der Waals surface area contributed by atoms with Crippen LogP contribution in [0.25, 0.3) is 0 Å². The molecule has 0 atom stereocenters. The molecule has 3 aliphatic heterocycles. The predicted octanol–water partition coefficient (Wildman–Crippen LogP) is 2.18. The molecule has 0 unspecified atom stereocenters. The van der Waals surface area contributed by atoms with E-state index in [0.29, 0.717) is 37.1 Å². The first-order valence-electron chi connectivity index (χ1n) is 14.6. The first-order valence-corrected chi connectivity index (χ1v) is 14.6. The van der Waals surface area contributed by atoms with E-state index in [2.05, 4.69) is 62.7 Å². The molecule has 3 aliphatic rings. The molecule has 1 aromatic heterocycles. The maximum absolute atomic E-state index is 12.3. The molecule has 1 aromatic carbocycles. The van der Waals surface area contributed by atoms with E-state index >= 15 is 0 Å². The first-order chi connectivity index (χ1) is 19.7. The summed E-state index contributed by atoms with van der Waals surface area (Å²) in [5.74, 6) is -0.198. The summed E-state index contributed by atoms with van der Waals surface area (Å²) in [4.78, 5) is 42.4. The predicted molar refractivity (Wildman–Crippen MR) is 160 cm³/mol. The maximum Gasteiger partial charge on any atom is 0.271 e. The molecule has 3 saturated heterocycles. The van der Waals surface area contributed by atoms with Crippen LogP contribution in [0.15, 0.2) is 30.9 Å². The Bertz CT molecular complexity index is 1280. The molecule has 3 N–H and O–H groups in total. The first kappa shape index (κ1) is 28.8. The summed E-state index contributed by atoms with van der Waals surface area (Å²) in [5, 5.41) is 3.25. The third-order valence-corrected chi connectivity index (χ3v) is 8.43. The summed E-state index contributed by atoms with van der Waals surface area (Å²) < 4.78 is 6.08. The van der Waals surface area contributed by atoms with Crippen molar-refractivity contribution in [2.24, 2.45) is 5.73 Å². The molecular weight excluding hydrogens is 520 g/mol. The standard InChI is InChI=1S/C30H42N8O3/c1-5-24-30(41-23-18-38(19-23)26(39)6-2)34-29(27(33-24)28(31)40)32-21-7-8-25(20(3)17-21)37-11-9-22(10-12-37)36-15-13-35(4)14-16-36/h6-8,17,22-23H,2,5,9-16,18-19H2,1,3-4H3,(H2,31,40)(H,32,34). The number of primary amides is 1. The van der Waals surface area contributed by atoms with Crippen molar-refractivity contribution in [3.63, 3.8) is 0 Å². The Morgan fingerprint density at radius 3 is 2.44 bits per heavy atom. The molecule has 220 valence electrons. The van der Waals surface area contributed by atoms with Gasteiger partial charge in [-0.25, -0.2) is 4.98 Å². The van der Waals surface area contributed by atoms with Crippen molar-refractivity contribution in [1.29, 1.82) is 0 Å². The maximum atomic E-state index is 12.3. The molecule has 2 amide bonds. The normalized spacial score (nSPS) is 19.1. The lowest BCUT2D eigenvalue weighted by molar-refractivity contribution is -0.134. The van der Waals surface area contributed by atoms with Crippen molar-refractivity contribution in [2.45, 2.75) is 45.3 Å². The molecular formula is C30H42N8O3. The van der Waals surface area contributed by atoms with Gasteiger partial charge in [0, 0.05) is 56.7 Å². The second-order valence-corrected chi connectivity index (χ2v) is 11.3. The number of piperidine rings is 1. The third-order valence-electron chi connectivity index (χ3n) is 8.43. The number of aromatic nitrogens is 2. The number of carbonyl (C=O) groups is 2. The topological polar surface area (TPSA) is 120 Å². The zero-order chi connectivity index (χ0) is 29.1. The molecule has 11 heteroatoms. The highest BCUT2D eigenvalue weighted by Gasteiger charge is 2.32. The fraction of sp³-hybridized carbons (Fsp3) is 0.533.